The van der Waals surface area contributed by atoms with Gasteiger partial charge in [-0.15, -0.1) is 11.6 Å². The van der Waals surface area contributed by atoms with Gasteiger partial charge in [-0.1, -0.05) is 6.07 Å². The highest BCUT2D eigenvalue weighted by atomic mass is 35.5. The maximum Gasteiger partial charge on any atom is 0.307 e. The number of alkyl halides is 1. The number of aliphatic carboxylic acids is 1. The Balaban J connectivity index is 2.57. The molecule has 0 unspecified atom stereocenters. The van der Waals surface area contributed by atoms with Gasteiger partial charge in [0.25, 0.3) is 0 Å². The molecule has 0 bridgehead atoms. The van der Waals surface area contributed by atoms with Crippen molar-refractivity contribution in [2.75, 3.05) is 0 Å². The minimum Gasteiger partial charge on any atom is -0.481 e. The maximum atomic E-state index is 10.7. The summed E-state index contributed by atoms with van der Waals surface area (Å²) in [6.45, 7) is 0. The van der Waals surface area contributed by atoms with E-state index in [-0.39, 0.29) is 6.42 Å². The van der Waals surface area contributed by atoms with E-state index in [9.17, 15) is 4.79 Å². The number of imidazole rings is 1. The average Bonchev–Trinajstić information content (AvgIpc) is 2.64. The Morgan fingerprint density at radius 3 is 3.00 bits per heavy atom. The second-order valence-electron chi connectivity index (χ2n) is 3.26. The van der Waals surface area contributed by atoms with Gasteiger partial charge in [0.2, 0.25) is 0 Å². The molecular weight excluding hydrogens is 216 g/mol. The molecule has 1 heterocycles. The van der Waals surface area contributed by atoms with E-state index in [0.717, 1.165) is 11.1 Å². The number of fused-ring (bicyclic) bond motifs is 1. The van der Waals surface area contributed by atoms with Crippen molar-refractivity contribution in [2.24, 2.45) is 0 Å². The molecule has 0 saturated heterocycles. The van der Waals surface area contributed by atoms with Gasteiger partial charge in [0.05, 0.1) is 23.8 Å². The number of carboxylic acids is 1. The van der Waals surface area contributed by atoms with Crippen LogP contribution < -0.4 is 0 Å². The van der Waals surface area contributed by atoms with E-state index < -0.39 is 5.97 Å². The second-order valence-corrected chi connectivity index (χ2v) is 3.53. The molecule has 0 saturated carbocycles. The van der Waals surface area contributed by atoms with Gasteiger partial charge in [-0.3, -0.25) is 4.79 Å². The van der Waals surface area contributed by atoms with Crippen molar-refractivity contribution >= 4 is 28.6 Å². The molecule has 78 valence electrons. The average molecular weight is 225 g/mol. The highest BCUT2D eigenvalue weighted by Gasteiger charge is 2.09. The van der Waals surface area contributed by atoms with Crippen molar-refractivity contribution in [1.82, 2.24) is 9.97 Å². The topological polar surface area (TPSA) is 66.0 Å². The predicted octanol–water partition coefficient (Wildman–Crippen LogP) is 1.93. The van der Waals surface area contributed by atoms with Crippen LogP contribution in [-0.4, -0.2) is 21.0 Å². The fourth-order valence-corrected chi connectivity index (χ4v) is 1.72. The van der Waals surface area contributed by atoms with E-state index in [1.165, 1.54) is 0 Å². The van der Waals surface area contributed by atoms with Crippen LogP contribution in [-0.2, 0) is 17.1 Å². The van der Waals surface area contributed by atoms with Gasteiger partial charge in [-0.05, 0) is 17.2 Å². The first kappa shape index (κ1) is 9.98. The van der Waals surface area contributed by atoms with Crippen LogP contribution in [0.4, 0.5) is 0 Å². The zero-order valence-electron chi connectivity index (χ0n) is 7.83. The Morgan fingerprint density at radius 2 is 2.33 bits per heavy atom. The molecule has 4 nitrogen and oxygen atoms in total. The lowest BCUT2D eigenvalue weighted by atomic mass is 10.1. The molecule has 0 amide bonds. The van der Waals surface area contributed by atoms with Crippen molar-refractivity contribution in [3.8, 4) is 0 Å². The number of H-pyrrole nitrogens is 1. The van der Waals surface area contributed by atoms with Crippen LogP contribution in [0.1, 0.15) is 11.1 Å². The molecule has 0 radical (unpaired) electrons. The molecule has 0 atom stereocenters. The van der Waals surface area contributed by atoms with Crippen LogP contribution in [0.2, 0.25) is 0 Å². The normalized spacial score (nSPS) is 10.7. The number of aromatic amines is 1. The monoisotopic (exact) mass is 224 g/mol. The number of aromatic nitrogens is 2. The molecule has 15 heavy (non-hydrogen) atoms. The summed E-state index contributed by atoms with van der Waals surface area (Å²) in [6, 6.07) is 3.66. The number of hydrogen-bond acceptors (Lipinski definition) is 2. The SMILES string of the molecule is O=C(O)Cc1cc(CCl)cc2[nH]cnc12. The Hall–Kier alpha value is -1.55. The molecule has 0 fully saturated rings. The van der Waals surface area contributed by atoms with Gasteiger partial charge in [-0.2, -0.15) is 0 Å². The summed E-state index contributed by atoms with van der Waals surface area (Å²) < 4.78 is 0. The summed E-state index contributed by atoms with van der Waals surface area (Å²) in [5.74, 6) is -0.507. The molecule has 0 aliphatic heterocycles. The third-order valence-electron chi connectivity index (χ3n) is 2.16. The van der Waals surface area contributed by atoms with Crippen LogP contribution in [0.25, 0.3) is 11.0 Å². The summed E-state index contributed by atoms with van der Waals surface area (Å²) in [7, 11) is 0. The molecule has 0 aliphatic rings. The van der Waals surface area contributed by atoms with Crippen molar-refractivity contribution < 1.29 is 9.90 Å². The smallest absolute Gasteiger partial charge is 0.307 e. The van der Waals surface area contributed by atoms with E-state index in [2.05, 4.69) is 9.97 Å². The molecule has 2 N–H and O–H groups in total. The molecule has 1 aromatic carbocycles. The number of carboxylic acid groups (broad SMARTS) is 1. The number of rotatable bonds is 3. The van der Waals surface area contributed by atoms with E-state index in [4.69, 9.17) is 16.7 Å². The minimum absolute atomic E-state index is 0.0356. The predicted molar refractivity (Wildman–Crippen MR) is 57.0 cm³/mol. The third kappa shape index (κ3) is 1.94. The Morgan fingerprint density at radius 1 is 1.53 bits per heavy atom. The Bertz CT molecular complexity index is 507. The first-order chi connectivity index (χ1) is 7.20. The summed E-state index contributed by atoms with van der Waals surface area (Å²) in [6.07, 6.45) is 1.51. The van der Waals surface area contributed by atoms with Crippen LogP contribution in [0.5, 0.6) is 0 Å². The summed E-state index contributed by atoms with van der Waals surface area (Å²) in [5, 5.41) is 8.76. The lowest BCUT2D eigenvalue weighted by Gasteiger charge is -2.02. The van der Waals surface area contributed by atoms with Gasteiger partial charge in [0.1, 0.15) is 0 Å². The van der Waals surface area contributed by atoms with E-state index in [1.54, 1.807) is 12.4 Å². The quantitative estimate of drug-likeness (QED) is 0.783. The lowest BCUT2D eigenvalue weighted by molar-refractivity contribution is -0.136. The van der Waals surface area contributed by atoms with E-state index in [1.807, 2.05) is 6.07 Å². The molecule has 0 spiro atoms. The molecule has 1 aromatic heterocycles. The number of carbonyl (C=O) groups is 1. The van der Waals surface area contributed by atoms with E-state index >= 15 is 0 Å². The van der Waals surface area contributed by atoms with E-state index in [0.29, 0.717) is 17.0 Å². The molecule has 5 heteroatoms. The first-order valence-corrected chi connectivity index (χ1v) is 4.97. The largest absolute Gasteiger partial charge is 0.481 e. The maximum absolute atomic E-state index is 10.7. The van der Waals surface area contributed by atoms with Gasteiger partial charge in [0, 0.05) is 5.88 Å². The Kier molecular flexibility index (Phi) is 2.60. The van der Waals surface area contributed by atoms with Gasteiger partial charge in [0.15, 0.2) is 0 Å². The van der Waals surface area contributed by atoms with Gasteiger partial charge < -0.3 is 10.1 Å². The van der Waals surface area contributed by atoms with Crippen molar-refractivity contribution in [3.63, 3.8) is 0 Å². The van der Waals surface area contributed by atoms with Crippen LogP contribution in [0.3, 0.4) is 0 Å². The van der Waals surface area contributed by atoms with Crippen molar-refractivity contribution in [1.29, 1.82) is 0 Å². The minimum atomic E-state index is -0.869. The highest BCUT2D eigenvalue weighted by molar-refractivity contribution is 6.17. The van der Waals surface area contributed by atoms with Crippen molar-refractivity contribution in [3.05, 3.63) is 29.6 Å². The fraction of sp³-hybridized carbons (Fsp3) is 0.200. The zero-order chi connectivity index (χ0) is 10.8. The highest BCUT2D eigenvalue weighted by Crippen LogP contribution is 2.19. The van der Waals surface area contributed by atoms with Gasteiger partial charge >= 0.3 is 5.97 Å². The van der Waals surface area contributed by atoms with Crippen LogP contribution in [0, 0.1) is 0 Å². The number of halogens is 1. The van der Waals surface area contributed by atoms with Gasteiger partial charge in [-0.25, -0.2) is 4.98 Å². The molecule has 2 rings (SSSR count). The molecule has 2 aromatic rings. The van der Waals surface area contributed by atoms with Crippen LogP contribution >= 0.6 is 11.6 Å². The summed E-state index contributed by atoms with van der Waals surface area (Å²) in [5.41, 5.74) is 3.11. The summed E-state index contributed by atoms with van der Waals surface area (Å²) in [4.78, 5) is 17.7. The lowest BCUT2D eigenvalue weighted by Crippen LogP contribution is -2.01. The number of benzene rings is 1. The second kappa shape index (κ2) is 3.90. The van der Waals surface area contributed by atoms with Crippen LogP contribution in [0.15, 0.2) is 18.5 Å². The number of nitrogens with one attached hydrogen (secondary N) is 1. The number of hydrogen-bond donors (Lipinski definition) is 2. The third-order valence-corrected chi connectivity index (χ3v) is 2.47. The first-order valence-electron chi connectivity index (χ1n) is 4.43. The molecular formula is C10H9ClN2O2. The zero-order valence-corrected chi connectivity index (χ0v) is 8.58. The number of nitrogens with zero attached hydrogens (tertiary/aromatic N) is 1. The standard InChI is InChI=1S/C10H9ClN2O2/c11-4-6-1-7(3-9(14)15)10-8(2-6)12-5-13-10/h1-2,5H,3-4H2,(H,12,13)(H,14,15). The molecule has 0 aliphatic carbocycles. The fourth-order valence-electron chi connectivity index (χ4n) is 1.56. The Labute approximate surface area is 90.9 Å². The summed E-state index contributed by atoms with van der Waals surface area (Å²) >= 11 is 5.72. The van der Waals surface area contributed by atoms with Crippen molar-refractivity contribution in [2.45, 2.75) is 12.3 Å².